The molecule has 1 heterocycles. The fourth-order valence-electron chi connectivity index (χ4n) is 4.05. The zero-order valence-corrected chi connectivity index (χ0v) is 19.8. The normalized spacial score (nSPS) is 15.8. The fourth-order valence-corrected chi connectivity index (χ4v) is 4.51. The maximum Gasteiger partial charge on any atom is 0.258 e. The zero-order valence-electron chi connectivity index (χ0n) is 18.2. The molecule has 6 heteroatoms. The summed E-state index contributed by atoms with van der Waals surface area (Å²) in [6.45, 7) is 0.666. The topological polar surface area (TPSA) is 52.6 Å². The van der Waals surface area contributed by atoms with Crippen molar-refractivity contribution >= 4 is 39.1 Å². The van der Waals surface area contributed by atoms with Crippen molar-refractivity contribution < 1.29 is 9.59 Å². The molecule has 0 spiro atoms. The summed E-state index contributed by atoms with van der Waals surface area (Å²) in [7, 11) is 4.18. The molecule has 0 fully saturated rings. The maximum absolute atomic E-state index is 13.4. The van der Waals surface area contributed by atoms with Crippen molar-refractivity contribution in [3.63, 3.8) is 0 Å². The third-order valence-corrected chi connectivity index (χ3v) is 6.60. The number of nitrogens with one attached hydrogen (secondary N) is 1. The molecule has 0 saturated heterocycles. The van der Waals surface area contributed by atoms with Crippen molar-refractivity contribution in [2.75, 3.05) is 30.9 Å². The number of nitrogens with zero attached hydrogens (tertiary/aromatic N) is 2. The van der Waals surface area contributed by atoms with Crippen LogP contribution in [0.25, 0.3) is 0 Å². The van der Waals surface area contributed by atoms with Crippen LogP contribution in [0.2, 0.25) is 0 Å². The van der Waals surface area contributed by atoms with Gasteiger partial charge in [0.1, 0.15) is 0 Å². The average Bonchev–Trinajstić information content (AvgIpc) is 2.99. The van der Waals surface area contributed by atoms with Crippen LogP contribution in [0.1, 0.15) is 32.7 Å². The van der Waals surface area contributed by atoms with Crippen LogP contribution < -0.4 is 10.2 Å². The molecule has 3 aromatic rings. The number of fused-ring (bicyclic) bond motifs is 1. The van der Waals surface area contributed by atoms with Gasteiger partial charge in [-0.25, -0.2) is 0 Å². The number of rotatable bonds is 4. The summed E-state index contributed by atoms with van der Waals surface area (Å²) in [5.74, 6) is -0.228. The summed E-state index contributed by atoms with van der Waals surface area (Å²) in [4.78, 5) is 30.1. The Kier molecular flexibility index (Phi) is 6.72. The molecule has 0 aromatic heterocycles. The second-order valence-corrected chi connectivity index (χ2v) is 9.06. The van der Waals surface area contributed by atoms with Gasteiger partial charge in [0.15, 0.2) is 0 Å². The molecule has 1 aliphatic heterocycles. The first-order chi connectivity index (χ1) is 15.4. The van der Waals surface area contributed by atoms with Gasteiger partial charge in [0.25, 0.3) is 11.8 Å². The molecule has 1 unspecified atom stereocenters. The van der Waals surface area contributed by atoms with Crippen molar-refractivity contribution in [2.45, 2.75) is 18.9 Å². The third kappa shape index (κ3) is 4.76. The van der Waals surface area contributed by atoms with Gasteiger partial charge < -0.3 is 15.1 Å². The SMILES string of the molecule is CN(C)C1CCN(C(=O)c2ccc(NC(=O)c3ccccc3Br)cc2)c2ccccc2C1. The van der Waals surface area contributed by atoms with Crippen molar-refractivity contribution in [2.24, 2.45) is 0 Å². The van der Waals surface area contributed by atoms with E-state index in [1.807, 2.05) is 41.3 Å². The van der Waals surface area contributed by atoms with Crippen LogP contribution in [-0.2, 0) is 6.42 Å². The van der Waals surface area contributed by atoms with Gasteiger partial charge in [-0.05, 0) is 90.9 Å². The molecule has 1 aliphatic rings. The van der Waals surface area contributed by atoms with Crippen LogP contribution in [0.15, 0.2) is 77.3 Å². The standard InChI is InChI=1S/C26H26BrN3O2/c1-29(2)21-15-16-30(24-10-6-3-7-19(24)17-21)26(32)18-11-13-20(14-12-18)28-25(31)22-8-4-5-9-23(22)27/h3-14,21H,15-17H2,1-2H3,(H,28,31). The molecule has 0 bridgehead atoms. The first kappa shape index (κ1) is 22.2. The number of hydrogen-bond donors (Lipinski definition) is 1. The number of benzene rings is 3. The van der Waals surface area contributed by atoms with E-state index in [2.05, 4.69) is 46.3 Å². The van der Waals surface area contributed by atoms with Gasteiger partial charge >= 0.3 is 0 Å². The second kappa shape index (κ2) is 9.67. The Labute approximate surface area is 197 Å². The zero-order chi connectivity index (χ0) is 22.7. The lowest BCUT2D eigenvalue weighted by atomic mass is 10.0. The molecule has 0 saturated carbocycles. The van der Waals surface area contributed by atoms with Gasteiger partial charge in [-0.2, -0.15) is 0 Å². The first-order valence-corrected chi connectivity index (χ1v) is 11.5. The quantitative estimate of drug-likeness (QED) is 0.543. The van der Waals surface area contributed by atoms with Crippen molar-refractivity contribution in [3.8, 4) is 0 Å². The molecule has 164 valence electrons. The van der Waals surface area contributed by atoms with E-state index in [9.17, 15) is 9.59 Å². The van der Waals surface area contributed by atoms with Gasteiger partial charge in [0, 0.05) is 34.0 Å². The Morgan fingerprint density at radius 1 is 0.969 bits per heavy atom. The molecular formula is C26H26BrN3O2. The fraction of sp³-hybridized carbons (Fsp3) is 0.231. The maximum atomic E-state index is 13.4. The van der Waals surface area contributed by atoms with Crippen molar-refractivity contribution in [3.05, 3.63) is 94.0 Å². The minimum atomic E-state index is -0.201. The molecule has 3 aromatic carbocycles. The van der Waals surface area contributed by atoms with E-state index in [1.165, 1.54) is 5.56 Å². The predicted octanol–water partition coefficient (Wildman–Crippen LogP) is 5.22. The number of carbonyl (C=O) groups is 2. The average molecular weight is 492 g/mol. The Morgan fingerprint density at radius 2 is 1.66 bits per heavy atom. The number of carbonyl (C=O) groups excluding carboxylic acids is 2. The highest BCUT2D eigenvalue weighted by molar-refractivity contribution is 9.10. The Morgan fingerprint density at radius 3 is 2.38 bits per heavy atom. The summed E-state index contributed by atoms with van der Waals surface area (Å²) in [5, 5.41) is 2.89. The highest BCUT2D eigenvalue weighted by Gasteiger charge is 2.26. The minimum absolute atomic E-state index is 0.0273. The number of likely N-dealkylation sites (N-methyl/N-ethyl adjacent to an activating group) is 1. The molecule has 32 heavy (non-hydrogen) atoms. The van der Waals surface area contributed by atoms with E-state index in [0.717, 1.165) is 23.0 Å². The van der Waals surface area contributed by atoms with Crippen LogP contribution in [0, 0.1) is 0 Å². The highest BCUT2D eigenvalue weighted by Crippen LogP contribution is 2.29. The minimum Gasteiger partial charge on any atom is -0.322 e. The van der Waals surface area contributed by atoms with Crippen LogP contribution in [-0.4, -0.2) is 43.4 Å². The predicted molar refractivity (Wildman–Crippen MR) is 132 cm³/mol. The van der Waals surface area contributed by atoms with E-state index in [0.29, 0.717) is 29.4 Å². The summed E-state index contributed by atoms with van der Waals surface area (Å²) in [6.07, 6.45) is 1.83. The molecule has 0 aliphatic carbocycles. The van der Waals surface area contributed by atoms with Gasteiger partial charge in [-0.1, -0.05) is 30.3 Å². The van der Waals surface area contributed by atoms with Crippen LogP contribution in [0.5, 0.6) is 0 Å². The lowest BCUT2D eigenvalue weighted by Gasteiger charge is -2.24. The van der Waals surface area contributed by atoms with E-state index in [4.69, 9.17) is 0 Å². The van der Waals surface area contributed by atoms with Gasteiger partial charge in [0.2, 0.25) is 0 Å². The lowest BCUT2D eigenvalue weighted by molar-refractivity contribution is 0.0984. The number of anilines is 2. The van der Waals surface area contributed by atoms with E-state index < -0.39 is 0 Å². The summed E-state index contributed by atoms with van der Waals surface area (Å²) < 4.78 is 0.736. The second-order valence-electron chi connectivity index (χ2n) is 8.21. The van der Waals surface area contributed by atoms with Crippen molar-refractivity contribution in [1.29, 1.82) is 0 Å². The smallest absolute Gasteiger partial charge is 0.258 e. The molecule has 1 N–H and O–H groups in total. The molecule has 5 nitrogen and oxygen atoms in total. The molecule has 0 radical (unpaired) electrons. The number of para-hydroxylation sites is 1. The largest absolute Gasteiger partial charge is 0.322 e. The third-order valence-electron chi connectivity index (χ3n) is 5.91. The molecule has 1 atom stereocenters. The number of amides is 2. The monoisotopic (exact) mass is 491 g/mol. The Bertz CT molecular complexity index is 1130. The summed E-state index contributed by atoms with van der Waals surface area (Å²) in [5.41, 5.74) is 3.97. The first-order valence-electron chi connectivity index (χ1n) is 10.7. The van der Waals surface area contributed by atoms with Crippen molar-refractivity contribution in [1.82, 2.24) is 4.90 Å². The van der Waals surface area contributed by atoms with E-state index in [1.54, 1.807) is 30.3 Å². The molecule has 2 amide bonds. The highest BCUT2D eigenvalue weighted by atomic mass is 79.9. The van der Waals surface area contributed by atoms with Gasteiger partial charge in [0.05, 0.1) is 5.56 Å². The number of hydrogen-bond acceptors (Lipinski definition) is 3. The van der Waals surface area contributed by atoms with E-state index >= 15 is 0 Å². The molecule has 4 rings (SSSR count). The van der Waals surface area contributed by atoms with E-state index in [-0.39, 0.29) is 11.8 Å². The Hall–Kier alpha value is -2.96. The Balaban J connectivity index is 1.52. The number of halogens is 1. The summed E-state index contributed by atoms with van der Waals surface area (Å²) >= 11 is 3.40. The van der Waals surface area contributed by atoms with Crippen LogP contribution in [0.4, 0.5) is 11.4 Å². The van der Waals surface area contributed by atoms with Gasteiger partial charge in [-0.3, -0.25) is 9.59 Å². The van der Waals surface area contributed by atoms with Crippen LogP contribution in [0.3, 0.4) is 0 Å². The lowest BCUT2D eigenvalue weighted by Crippen LogP contribution is -2.35. The van der Waals surface area contributed by atoms with Crippen LogP contribution >= 0.6 is 15.9 Å². The van der Waals surface area contributed by atoms with Gasteiger partial charge in [-0.15, -0.1) is 0 Å². The summed E-state index contributed by atoms with van der Waals surface area (Å²) in [6, 6.07) is 22.9. The molecular weight excluding hydrogens is 466 g/mol.